The van der Waals surface area contributed by atoms with Gasteiger partial charge in [0.25, 0.3) is 0 Å². The molecule has 1 unspecified atom stereocenters. The molecule has 0 heterocycles. The van der Waals surface area contributed by atoms with E-state index in [0.717, 1.165) is 17.6 Å². The molecular formula is C17H21N. The van der Waals surface area contributed by atoms with Crippen molar-refractivity contribution in [1.29, 1.82) is 0 Å². The number of rotatable bonds is 6. The van der Waals surface area contributed by atoms with E-state index >= 15 is 0 Å². The van der Waals surface area contributed by atoms with Gasteiger partial charge in [0, 0.05) is 6.04 Å². The van der Waals surface area contributed by atoms with Crippen molar-refractivity contribution in [3.8, 4) is 0 Å². The molecule has 94 valence electrons. The van der Waals surface area contributed by atoms with Gasteiger partial charge >= 0.3 is 0 Å². The van der Waals surface area contributed by atoms with Gasteiger partial charge in [-0.3, -0.25) is 0 Å². The lowest BCUT2D eigenvalue weighted by atomic mass is 9.99. The molecule has 0 saturated carbocycles. The van der Waals surface area contributed by atoms with Gasteiger partial charge in [-0.05, 0) is 30.1 Å². The SMILES string of the molecule is C=C/C=C(\C=C/C(C)N)CC(=C)c1ccccc1. The molecule has 18 heavy (non-hydrogen) atoms. The minimum absolute atomic E-state index is 0.0585. The third-order valence-electron chi connectivity index (χ3n) is 2.55. The van der Waals surface area contributed by atoms with Crippen LogP contribution in [0.4, 0.5) is 0 Å². The van der Waals surface area contributed by atoms with Crippen LogP contribution in [0.1, 0.15) is 18.9 Å². The highest BCUT2D eigenvalue weighted by Gasteiger charge is 2.00. The molecule has 1 aromatic rings. The predicted octanol–water partition coefficient (Wildman–Crippen LogP) is 4.11. The lowest BCUT2D eigenvalue weighted by Gasteiger charge is -2.07. The molecule has 0 fully saturated rings. The van der Waals surface area contributed by atoms with Crippen molar-refractivity contribution >= 4 is 5.57 Å². The second-order valence-corrected chi connectivity index (χ2v) is 4.34. The smallest absolute Gasteiger partial charge is 0.0197 e. The molecule has 1 nitrogen and oxygen atoms in total. The standard InChI is InChI=1S/C17H21N/c1-4-8-16(12-11-15(3)18)13-14(2)17-9-6-5-7-10-17/h4-12,15H,1-2,13,18H2,3H3/b12-11-,16-8+. The van der Waals surface area contributed by atoms with Gasteiger partial charge in [-0.2, -0.15) is 0 Å². The number of benzene rings is 1. The van der Waals surface area contributed by atoms with Crippen molar-refractivity contribution in [3.05, 3.63) is 78.9 Å². The van der Waals surface area contributed by atoms with Crippen molar-refractivity contribution in [3.63, 3.8) is 0 Å². The minimum atomic E-state index is 0.0585. The Morgan fingerprint density at radius 2 is 2.00 bits per heavy atom. The first-order valence-electron chi connectivity index (χ1n) is 6.12. The summed E-state index contributed by atoms with van der Waals surface area (Å²) < 4.78 is 0. The summed E-state index contributed by atoms with van der Waals surface area (Å²) in [4.78, 5) is 0. The van der Waals surface area contributed by atoms with E-state index in [1.54, 1.807) is 6.08 Å². The van der Waals surface area contributed by atoms with E-state index in [2.05, 4.69) is 25.3 Å². The fraction of sp³-hybridized carbons (Fsp3) is 0.176. The van der Waals surface area contributed by atoms with Gasteiger partial charge in [0.15, 0.2) is 0 Å². The Balaban J connectivity index is 2.76. The molecule has 0 amide bonds. The molecule has 0 aliphatic heterocycles. The van der Waals surface area contributed by atoms with Gasteiger partial charge in [-0.15, -0.1) is 0 Å². The Bertz CT molecular complexity index is 450. The van der Waals surface area contributed by atoms with Crippen LogP contribution in [0.2, 0.25) is 0 Å². The summed E-state index contributed by atoms with van der Waals surface area (Å²) in [6.45, 7) is 9.82. The van der Waals surface area contributed by atoms with Crippen LogP contribution in [0.15, 0.2) is 73.4 Å². The molecule has 1 aromatic carbocycles. The zero-order chi connectivity index (χ0) is 13.4. The number of hydrogen-bond acceptors (Lipinski definition) is 1. The molecule has 0 radical (unpaired) electrons. The first-order valence-corrected chi connectivity index (χ1v) is 6.12. The topological polar surface area (TPSA) is 26.0 Å². The van der Waals surface area contributed by atoms with Gasteiger partial charge < -0.3 is 5.73 Å². The van der Waals surface area contributed by atoms with Crippen molar-refractivity contribution < 1.29 is 0 Å². The third-order valence-corrected chi connectivity index (χ3v) is 2.55. The lowest BCUT2D eigenvalue weighted by molar-refractivity contribution is 0.924. The molecule has 0 bridgehead atoms. The minimum Gasteiger partial charge on any atom is -0.325 e. The maximum Gasteiger partial charge on any atom is 0.0197 e. The molecule has 0 aliphatic carbocycles. The molecule has 1 atom stereocenters. The fourth-order valence-corrected chi connectivity index (χ4v) is 1.62. The van der Waals surface area contributed by atoms with Crippen LogP contribution >= 0.6 is 0 Å². The molecule has 0 saturated heterocycles. The van der Waals surface area contributed by atoms with E-state index in [1.807, 2.05) is 43.4 Å². The molecule has 1 rings (SSSR count). The number of allylic oxidation sites excluding steroid dienone is 5. The second-order valence-electron chi connectivity index (χ2n) is 4.34. The average molecular weight is 239 g/mol. The summed E-state index contributed by atoms with van der Waals surface area (Å²) in [6, 6.07) is 10.3. The predicted molar refractivity (Wildman–Crippen MR) is 81.2 cm³/mol. The molecule has 1 heteroatoms. The Labute approximate surface area is 110 Å². The summed E-state index contributed by atoms with van der Waals surface area (Å²) in [5.41, 5.74) is 9.14. The zero-order valence-electron chi connectivity index (χ0n) is 11.0. The second kappa shape index (κ2) is 7.46. The van der Waals surface area contributed by atoms with Crippen LogP contribution in [0.3, 0.4) is 0 Å². The highest BCUT2D eigenvalue weighted by molar-refractivity contribution is 5.66. The van der Waals surface area contributed by atoms with E-state index < -0.39 is 0 Å². The maximum atomic E-state index is 5.72. The Morgan fingerprint density at radius 3 is 2.56 bits per heavy atom. The highest BCUT2D eigenvalue weighted by atomic mass is 14.6. The highest BCUT2D eigenvalue weighted by Crippen LogP contribution is 2.21. The molecule has 0 aromatic heterocycles. The van der Waals surface area contributed by atoms with Gasteiger partial charge in [0.1, 0.15) is 0 Å². The Hall–Kier alpha value is -1.86. The van der Waals surface area contributed by atoms with Gasteiger partial charge in [-0.1, -0.05) is 67.8 Å². The van der Waals surface area contributed by atoms with Crippen molar-refractivity contribution in [2.75, 3.05) is 0 Å². The van der Waals surface area contributed by atoms with Crippen LogP contribution in [0.25, 0.3) is 5.57 Å². The fourth-order valence-electron chi connectivity index (χ4n) is 1.62. The van der Waals surface area contributed by atoms with Crippen molar-refractivity contribution in [2.45, 2.75) is 19.4 Å². The largest absolute Gasteiger partial charge is 0.325 e. The van der Waals surface area contributed by atoms with Crippen LogP contribution in [0.5, 0.6) is 0 Å². The van der Waals surface area contributed by atoms with E-state index in [-0.39, 0.29) is 6.04 Å². The van der Waals surface area contributed by atoms with Crippen LogP contribution < -0.4 is 5.73 Å². The Morgan fingerprint density at radius 1 is 1.33 bits per heavy atom. The van der Waals surface area contributed by atoms with Gasteiger partial charge in [0.2, 0.25) is 0 Å². The van der Waals surface area contributed by atoms with Crippen LogP contribution in [0, 0.1) is 0 Å². The van der Waals surface area contributed by atoms with Crippen molar-refractivity contribution in [1.82, 2.24) is 0 Å². The van der Waals surface area contributed by atoms with Gasteiger partial charge in [0.05, 0.1) is 0 Å². The number of hydrogen-bond donors (Lipinski definition) is 1. The maximum absolute atomic E-state index is 5.72. The molecule has 0 spiro atoms. The summed E-state index contributed by atoms with van der Waals surface area (Å²) in [5.74, 6) is 0. The van der Waals surface area contributed by atoms with Gasteiger partial charge in [-0.25, -0.2) is 0 Å². The first-order chi connectivity index (χ1) is 8.63. The average Bonchev–Trinajstić information content (AvgIpc) is 2.37. The summed E-state index contributed by atoms with van der Waals surface area (Å²) in [6.07, 6.45) is 8.61. The number of nitrogens with two attached hydrogens (primary N) is 1. The van der Waals surface area contributed by atoms with E-state index in [9.17, 15) is 0 Å². The summed E-state index contributed by atoms with van der Waals surface area (Å²) in [7, 11) is 0. The summed E-state index contributed by atoms with van der Waals surface area (Å²) in [5, 5.41) is 0. The van der Waals surface area contributed by atoms with E-state index in [1.165, 1.54) is 5.56 Å². The van der Waals surface area contributed by atoms with Crippen LogP contribution in [-0.2, 0) is 0 Å². The normalized spacial score (nSPS) is 13.6. The van der Waals surface area contributed by atoms with E-state index in [0.29, 0.717) is 0 Å². The Kier molecular flexibility index (Phi) is 5.89. The first kappa shape index (κ1) is 14.2. The third kappa shape index (κ3) is 4.98. The monoisotopic (exact) mass is 239 g/mol. The van der Waals surface area contributed by atoms with Crippen LogP contribution in [-0.4, -0.2) is 6.04 Å². The summed E-state index contributed by atoms with van der Waals surface area (Å²) >= 11 is 0. The molecule has 0 aliphatic rings. The molecular weight excluding hydrogens is 218 g/mol. The lowest BCUT2D eigenvalue weighted by Crippen LogP contribution is -2.10. The van der Waals surface area contributed by atoms with Crippen molar-refractivity contribution in [2.24, 2.45) is 5.73 Å². The zero-order valence-corrected chi connectivity index (χ0v) is 11.0. The quantitative estimate of drug-likeness (QED) is 0.743. The van der Waals surface area contributed by atoms with E-state index in [4.69, 9.17) is 5.73 Å². The molecule has 2 N–H and O–H groups in total.